The molecule has 4 heteroatoms. The monoisotopic (exact) mass is 272 g/mol. The Balaban J connectivity index is 1.64. The number of aryl methyl sites for hydroxylation is 2. The number of aromatic amines is 1. The maximum Gasteiger partial charge on any atom is 0.328 e. The molecule has 0 fully saturated rings. The average molecular weight is 272 g/mol. The van der Waals surface area contributed by atoms with Crippen molar-refractivity contribution >= 4 is 0 Å². The summed E-state index contributed by atoms with van der Waals surface area (Å²) < 4.78 is 1.55. The van der Waals surface area contributed by atoms with Gasteiger partial charge in [-0.2, -0.15) is 0 Å². The van der Waals surface area contributed by atoms with E-state index in [1.807, 2.05) is 6.07 Å². The molecule has 0 bridgehead atoms. The lowest BCUT2D eigenvalue weighted by Crippen LogP contribution is -2.28. The first-order valence-corrected chi connectivity index (χ1v) is 7.09. The summed E-state index contributed by atoms with van der Waals surface area (Å²) in [4.78, 5) is 24.6. The number of nitrogens with one attached hydrogen (secondary N) is 1. The van der Waals surface area contributed by atoms with Crippen molar-refractivity contribution in [3.05, 3.63) is 69.0 Å². The maximum absolute atomic E-state index is 11.5. The van der Waals surface area contributed by atoms with E-state index in [0.29, 0.717) is 6.54 Å². The molecule has 0 unspecified atom stereocenters. The SMILES string of the molecule is O=c1ccn(CCCCCCc2ccccc2)c(=O)[nH]1. The zero-order valence-electron chi connectivity index (χ0n) is 11.5. The lowest BCUT2D eigenvalue weighted by atomic mass is 10.1. The molecule has 106 valence electrons. The Kier molecular flexibility index (Phi) is 5.35. The number of rotatable bonds is 7. The van der Waals surface area contributed by atoms with Crippen molar-refractivity contribution in [3.8, 4) is 0 Å². The van der Waals surface area contributed by atoms with Crippen molar-refractivity contribution in [1.82, 2.24) is 9.55 Å². The van der Waals surface area contributed by atoms with Gasteiger partial charge in [0.15, 0.2) is 0 Å². The quantitative estimate of drug-likeness (QED) is 0.787. The highest BCUT2D eigenvalue weighted by Crippen LogP contribution is 2.07. The molecule has 1 heterocycles. The summed E-state index contributed by atoms with van der Waals surface area (Å²) in [6, 6.07) is 11.9. The molecule has 0 saturated carbocycles. The molecule has 0 saturated heterocycles. The summed E-state index contributed by atoms with van der Waals surface area (Å²) >= 11 is 0. The lowest BCUT2D eigenvalue weighted by Gasteiger charge is -2.04. The van der Waals surface area contributed by atoms with Crippen LogP contribution in [0, 0.1) is 0 Å². The molecule has 20 heavy (non-hydrogen) atoms. The van der Waals surface area contributed by atoms with Crippen molar-refractivity contribution < 1.29 is 0 Å². The number of nitrogens with zero attached hydrogens (tertiary/aromatic N) is 1. The van der Waals surface area contributed by atoms with E-state index in [9.17, 15) is 9.59 Å². The van der Waals surface area contributed by atoms with Crippen LogP contribution in [-0.4, -0.2) is 9.55 Å². The summed E-state index contributed by atoms with van der Waals surface area (Å²) in [5, 5.41) is 0. The molecule has 0 radical (unpaired) electrons. The second kappa shape index (κ2) is 7.48. The molecule has 0 atom stereocenters. The molecular formula is C16H20N2O2. The van der Waals surface area contributed by atoms with Crippen LogP contribution < -0.4 is 11.2 Å². The van der Waals surface area contributed by atoms with Gasteiger partial charge in [0.25, 0.3) is 5.56 Å². The Labute approximate surface area is 118 Å². The van der Waals surface area contributed by atoms with Crippen molar-refractivity contribution in [2.24, 2.45) is 0 Å². The highest BCUT2D eigenvalue weighted by atomic mass is 16.2. The Bertz CT molecular complexity index is 629. The van der Waals surface area contributed by atoms with Crippen LogP contribution in [0.25, 0.3) is 0 Å². The summed E-state index contributed by atoms with van der Waals surface area (Å²) in [6.45, 7) is 0.668. The summed E-state index contributed by atoms with van der Waals surface area (Å²) in [6.07, 6.45) is 7.06. The number of unbranched alkanes of at least 4 members (excludes halogenated alkanes) is 3. The number of hydrogen-bond donors (Lipinski definition) is 1. The number of H-pyrrole nitrogens is 1. The summed E-state index contributed by atoms with van der Waals surface area (Å²) in [5.41, 5.74) is 0.722. The minimum atomic E-state index is -0.339. The molecule has 0 spiro atoms. The molecular weight excluding hydrogens is 252 g/mol. The molecule has 0 aliphatic rings. The van der Waals surface area contributed by atoms with Gasteiger partial charge in [-0.1, -0.05) is 43.2 Å². The largest absolute Gasteiger partial charge is 0.328 e. The normalized spacial score (nSPS) is 10.6. The minimum Gasteiger partial charge on any atom is -0.301 e. The third kappa shape index (κ3) is 4.53. The van der Waals surface area contributed by atoms with Crippen molar-refractivity contribution in [3.63, 3.8) is 0 Å². The number of hydrogen-bond acceptors (Lipinski definition) is 2. The number of aromatic nitrogens is 2. The van der Waals surface area contributed by atoms with E-state index in [1.165, 1.54) is 18.1 Å². The van der Waals surface area contributed by atoms with E-state index in [1.54, 1.807) is 10.8 Å². The van der Waals surface area contributed by atoms with Gasteiger partial charge >= 0.3 is 5.69 Å². The lowest BCUT2D eigenvalue weighted by molar-refractivity contribution is 0.552. The Morgan fingerprint density at radius 3 is 2.40 bits per heavy atom. The van der Waals surface area contributed by atoms with Crippen molar-refractivity contribution in [2.45, 2.75) is 38.6 Å². The van der Waals surface area contributed by atoms with Crippen LogP contribution in [0.15, 0.2) is 52.2 Å². The highest BCUT2D eigenvalue weighted by molar-refractivity contribution is 5.14. The summed E-state index contributed by atoms with van der Waals surface area (Å²) in [7, 11) is 0. The summed E-state index contributed by atoms with van der Waals surface area (Å²) in [5.74, 6) is 0. The minimum absolute atomic E-state index is 0.318. The topological polar surface area (TPSA) is 54.9 Å². The van der Waals surface area contributed by atoms with Gasteiger partial charge in [0.05, 0.1) is 0 Å². The first-order chi connectivity index (χ1) is 9.75. The second-order valence-corrected chi connectivity index (χ2v) is 4.95. The van der Waals surface area contributed by atoms with Gasteiger partial charge in [0.1, 0.15) is 0 Å². The van der Waals surface area contributed by atoms with E-state index in [-0.39, 0.29) is 11.2 Å². The van der Waals surface area contributed by atoms with E-state index >= 15 is 0 Å². The first kappa shape index (κ1) is 14.3. The average Bonchev–Trinajstić information content (AvgIpc) is 2.46. The van der Waals surface area contributed by atoms with E-state index in [4.69, 9.17) is 0 Å². The van der Waals surface area contributed by atoms with Crippen LogP contribution in [0.2, 0.25) is 0 Å². The third-order valence-electron chi connectivity index (χ3n) is 3.35. The molecule has 1 aromatic carbocycles. The van der Waals surface area contributed by atoms with Crippen LogP contribution in [0.5, 0.6) is 0 Å². The van der Waals surface area contributed by atoms with Crippen LogP contribution in [0.1, 0.15) is 31.2 Å². The maximum atomic E-state index is 11.5. The Morgan fingerprint density at radius 2 is 1.65 bits per heavy atom. The fourth-order valence-corrected chi connectivity index (χ4v) is 2.23. The molecule has 2 rings (SSSR count). The van der Waals surface area contributed by atoms with Gasteiger partial charge in [-0.25, -0.2) is 4.79 Å². The number of benzene rings is 1. The van der Waals surface area contributed by atoms with Gasteiger partial charge < -0.3 is 4.57 Å². The molecule has 1 N–H and O–H groups in total. The molecule has 2 aromatic rings. The van der Waals surface area contributed by atoms with Crippen LogP contribution in [0.4, 0.5) is 0 Å². The van der Waals surface area contributed by atoms with E-state index < -0.39 is 0 Å². The van der Waals surface area contributed by atoms with Crippen molar-refractivity contribution in [1.29, 1.82) is 0 Å². The standard InChI is InChI=1S/C16H20N2O2/c19-15-11-13-18(16(20)17-15)12-7-2-1-4-8-14-9-5-3-6-10-14/h3,5-6,9-11,13H,1-2,4,7-8,12H2,(H,17,19,20). The van der Waals surface area contributed by atoms with Gasteiger partial charge in [-0.05, 0) is 24.8 Å². The smallest absolute Gasteiger partial charge is 0.301 e. The molecule has 0 aliphatic carbocycles. The predicted molar refractivity (Wildman–Crippen MR) is 79.9 cm³/mol. The second-order valence-electron chi connectivity index (χ2n) is 4.95. The fourth-order valence-electron chi connectivity index (χ4n) is 2.23. The van der Waals surface area contributed by atoms with Crippen LogP contribution in [0.3, 0.4) is 0 Å². The Morgan fingerprint density at radius 1 is 0.900 bits per heavy atom. The van der Waals surface area contributed by atoms with Crippen LogP contribution >= 0.6 is 0 Å². The van der Waals surface area contributed by atoms with E-state index in [0.717, 1.165) is 25.7 Å². The van der Waals surface area contributed by atoms with Crippen molar-refractivity contribution in [2.75, 3.05) is 0 Å². The zero-order valence-corrected chi connectivity index (χ0v) is 11.5. The molecule has 1 aromatic heterocycles. The fraction of sp³-hybridized carbons (Fsp3) is 0.375. The molecule has 4 nitrogen and oxygen atoms in total. The highest BCUT2D eigenvalue weighted by Gasteiger charge is 1.97. The van der Waals surface area contributed by atoms with Gasteiger partial charge in [0, 0.05) is 18.8 Å². The van der Waals surface area contributed by atoms with E-state index in [2.05, 4.69) is 29.2 Å². The third-order valence-corrected chi connectivity index (χ3v) is 3.35. The Hall–Kier alpha value is -2.10. The van der Waals surface area contributed by atoms with Gasteiger partial charge in [0.2, 0.25) is 0 Å². The zero-order chi connectivity index (χ0) is 14.2. The van der Waals surface area contributed by atoms with Gasteiger partial charge in [-0.3, -0.25) is 9.78 Å². The molecule has 0 aliphatic heterocycles. The van der Waals surface area contributed by atoms with Gasteiger partial charge in [-0.15, -0.1) is 0 Å². The first-order valence-electron chi connectivity index (χ1n) is 7.09. The predicted octanol–water partition coefficient (Wildman–Crippen LogP) is 2.34. The molecule has 0 amide bonds. The van der Waals surface area contributed by atoms with Crippen LogP contribution in [-0.2, 0) is 13.0 Å².